The zero-order valence-corrected chi connectivity index (χ0v) is 12.6. The van der Waals surface area contributed by atoms with Crippen molar-refractivity contribution < 1.29 is 19.1 Å². The van der Waals surface area contributed by atoms with Crippen molar-refractivity contribution in [1.29, 1.82) is 0 Å². The fourth-order valence-corrected chi connectivity index (χ4v) is 1.69. The molecule has 1 aromatic carbocycles. The number of ether oxygens (including phenoxy) is 2. The molecule has 1 aromatic rings. The second-order valence-corrected chi connectivity index (χ2v) is 4.88. The molecule has 0 saturated carbocycles. The van der Waals surface area contributed by atoms with Crippen LogP contribution in [0.25, 0.3) is 0 Å². The Balaban J connectivity index is 2.42. The van der Waals surface area contributed by atoms with Gasteiger partial charge in [-0.1, -0.05) is 26.2 Å². The lowest BCUT2D eigenvalue weighted by Crippen LogP contribution is -2.30. The van der Waals surface area contributed by atoms with E-state index >= 15 is 0 Å². The molecule has 1 amide bonds. The number of rotatable bonds is 9. The quantitative estimate of drug-likeness (QED) is 0.561. The van der Waals surface area contributed by atoms with Gasteiger partial charge in [0.1, 0.15) is 5.75 Å². The maximum absolute atomic E-state index is 11.7. The largest absolute Gasteiger partial charge is 0.494 e. The fraction of sp³-hybridized carbons (Fsp3) is 0.500. The summed E-state index contributed by atoms with van der Waals surface area (Å²) in [6.45, 7) is 4.27. The van der Waals surface area contributed by atoms with Crippen molar-refractivity contribution >= 4 is 11.9 Å². The van der Waals surface area contributed by atoms with Crippen LogP contribution in [0.5, 0.6) is 5.75 Å². The van der Waals surface area contributed by atoms with Gasteiger partial charge in [0.15, 0.2) is 6.10 Å². The Hall–Kier alpha value is -2.04. The highest BCUT2D eigenvalue weighted by atomic mass is 16.5. The van der Waals surface area contributed by atoms with E-state index in [1.807, 2.05) is 0 Å². The summed E-state index contributed by atoms with van der Waals surface area (Å²) in [5.41, 5.74) is 5.40. The summed E-state index contributed by atoms with van der Waals surface area (Å²) in [6, 6.07) is 6.64. The average molecular weight is 293 g/mol. The van der Waals surface area contributed by atoms with Crippen LogP contribution in [0, 0.1) is 0 Å². The van der Waals surface area contributed by atoms with Crippen molar-refractivity contribution in [2.75, 3.05) is 6.61 Å². The van der Waals surface area contributed by atoms with Crippen LogP contribution >= 0.6 is 0 Å². The Morgan fingerprint density at radius 3 is 2.38 bits per heavy atom. The molecule has 0 aliphatic heterocycles. The summed E-state index contributed by atoms with van der Waals surface area (Å²) < 4.78 is 10.5. The first-order valence-corrected chi connectivity index (χ1v) is 7.27. The third-order valence-corrected chi connectivity index (χ3v) is 3.04. The number of benzene rings is 1. The number of primary amides is 1. The van der Waals surface area contributed by atoms with Gasteiger partial charge in [0.25, 0.3) is 5.91 Å². The van der Waals surface area contributed by atoms with Crippen molar-refractivity contribution in [2.24, 2.45) is 5.73 Å². The zero-order chi connectivity index (χ0) is 15.7. The van der Waals surface area contributed by atoms with Crippen LogP contribution in [0.3, 0.4) is 0 Å². The van der Waals surface area contributed by atoms with Gasteiger partial charge in [-0.15, -0.1) is 0 Å². The third-order valence-electron chi connectivity index (χ3n) is 3.04. The minimum absolute atomic E-state index is 0.362. The molecule has 0 fully saturated rings. The minimum Gasteiger partial charge on any atom is -0.494 e. The summed E-state index contributed by atoms with van der Waals surface area (Å²) in [7, 11) is 0. The summed E-state index contributed by atoms with van der Waals surface area (Å²) in [6.07, 6.45) is 3.65. The van der Waals surface area contributed by atoms with Crippen molar-refractivity contribution in [3.63, 3.8) is 0 Å². The third kappa shape index (κ3) is 6.29. The van der Waals surface area contributed by atoms with Crippen LogP contribution in [-0.2, 0) is 9.53 Å². The van der Waals surface area contributed by atoms with E-state index in [0.717, 1.165) is 12.8 Å². The standard InChI is InChI=1S/C16H23NO4/c1-3-4-5-6-11-20-14-9-7-13(8-10-14)16(19)21-12(2)15(17)18/h7-10,12H,3-6,11H2,1-2H3,(H2,17,18)/t12-/m1/s1. The molecule has 0 aliphatic carbocycles. The highest BCUT2D eigenvalue weighted by Crippen LogP contribution is 2.14. The summed E-state index contributed by atoms with van der Waals surface area (Å²) >= 11 is 0. The molecule has 0 aromatic heterocycles. The van der Waals surface area contributed by atoms with E-state index in [-0.39, 0.29) is 0 Å². The number of amides is 1. The molecule has 0 spiro atoms. The van der Waals surface area contributed by atoms with E-state index in [4.69, 9.17) is 15.2 Å². The fourth-order valence-electron chi connectivity index (χ4n) is 1.69. The number of unbranched alkanes of at least 4 members (excludes halogenated alkanes) is 3. The zero-order valence-electron chi connectivity index (χ0n) is 12.6. The Kier molecular flexibility index (Phi) is 7.29. The van der Waals surface area contributed by atoms with E-state index in [0.29, 0.717) is 17.9 Å². The Labute approximate surface area is 125 Å². The molecular weight excluding hydrogens is 270 g/mol. The van der Waals surface area contributed by atoms with Crippen molar-refractivity contribution in [1.82, 2.24) is 0 Å². The molecule has 1 atom stereocenters. The molecule has 5 heteroatoms. The summed E-state index contributed by atoms with van der Waals surface area (Å²) in [4.78, 5) is 22.6. The van der Waals surface area contributed by atoms with Crippen LogP contribution in [0.2, 0.25) is 0 Å². The van der Waals surface area contributed by atoms with Gasteiger partial charge in [0, 0.05) is 0 Å². The number of esters is 1. The molecular formula is C16H23NO4. The van der Waals surface area contributed by atoms with Crippen molar-refractivity contribution in [3.8, 4) is 5.75 Å². The van der Waals surface area contributed by atoms with Gasteiger partial charge >= 0.3 is 5.97 Å². The topological polar surface area (TPSA) is 78.6 Å². The highest BCUT2D eigenvalue weighted by Gasteiger charge is 2.15. The Morgan fingerprint density at radius 1 is 1.14 bits per heavy atom. The lowest BCUT2D eigenvalue weighted by molar-refractivity contribution is -0.125. The Morgan fingerprint density at radius 2 is 1.81 bits per heavy atom. The van der Waals surface area contributed by atoms with Gasteiger partial charge in [0.05, 0.1) is 12.2 Å². The first-order chi connectivity index (χ1) is 10.0. The lowest BCUT2D eigenvalue weighted by Gasteiger charge is -2.10. The average Bonchev–Trinajstić information content (AvgIpc) is 2.47. The molecule has 0 heterocycles. The number of hydrogen-bond acceptors (Lipinski definition) is 4. The van der Waals surface area contributed by atoms with Crippen LogP contribution < -0.4 is 10.5 Å². The first kappa shape index (κ1) is 17.0. The van der Waals surface area contributed by atoms with E-state index < -0.39 is 18.0 Å². The number of nitrogens with two attached hydrogens (primary N) is 1. The molecule has 116 valence electrons. The van der Waals surface area contributed by atoms with Crippen LogP contribution in [0.15, 0.2) is 24.3 Å². The van der Waals surface area contributed by atoms with Gasteiger partial charge in [-0.2, -0.15) is 0 Å². The SMILES string of the molecule is CCCCCCOc1ccc(C(=O)O[C@H](C)C(N)=O)cc1. The molecule has 0 unspecified atom stereocenters. The summed E-state index contributed by atoms with van der Waals surface area (Å²) in [5, 5.41) is 0. The predicted octanol–water partition coefficient (Wildman–Crippen LogP) is 2.68. The summed E-state index contributed by atoms with van der Waals surface area (Å²) in [5.74, 6) is -0.530. The van der Waals surface area contributed by atoms with E-state index in [9.17, 15) is 9.59 Å². The second-order valence-electron chi connectivity index (χ2n) is 4.88. The minimum atomic E-state index is -0.938. The van der Waals surface area contributed by atoms with Gasteiger partial charge in [0.2, 0.25) is 0 Å². The van der Waals surface area contributed by atoms with Crippen LogP contribution in [-0.4, -0.2) is 24.6 Å². The number of carbonyl (C=O) groups is 2. The van der Waals surface area contributed by atoms with E-state index in [1.165, 1.54) is 19.8 Å². The number of hydrogen-bond donors (Lipinski definition) is 1. The second kappa shape index (κ2) is 9.00. The number of carbonyl (C=O) groups excluding carboxylic acids is 2. The lowest BCUT2D eigenvalue weighted by atomic mass is 10.2. The van der Waals surface area contributed by atoms with Gasteiger partial charge in [-0.3, -0.25) is 4.79 Å². The van der Waals surface area contributed by atoms with Gasteiger partial charge < -0.3 is 15.2 Å². The van der Waals surface area contributed by atoms with E-state index in [2.05, 4.69) is 6.92 Å². The monoisotopic (exact) mass is 293 g/mol. The van der Waals surface area contributed by atoms with Gasteiger partial charge in [-0.25, -0.2) is 4.79 Å². The van der Waals surface area contributed by atoms with Crippen LogP contribution in [0.1, 0.15) is 49.9 Å². The molecule has 0 aliphatic rings. The first-order valence-electron chi connectivity index (χ1n) is 7.27. The predicted molar refractivity (Wildman–Crippen MR) is 80.2 cm³/mol. The van der Waals surface area contributed by atoms with Crippen molar-refractivity contribution in [3.05, 3.63) is 29.8 Å². The molecule has 2 N–H and O–H groups in total. The van der Waals surface area contributed by atoms with Crippen LogP contribution in [0.4, 0.5) is 0 Å². The van der Waals surface area contributed by atoms with E-state index in [1.54, 1.807) is 24.3 Å². The highest BCUT2D eigenvalue weighted by molar-refractivity contribution is 5.92. The normalized spacial score (nSPS) is 11.7. The molecule has 0 radical (unpaired) electrons. The molecule has 0 saturated heterocycles. The molecule has 1 rings (SSSR count). The van der Waals surface area contributed by atoms with Gasteiger partial charge in [-0.05, 0) is 37.6 Å². The maximum atomic E-state index is 11.7. The Bertz CT molecular complexity index is 456. The molecule has 0 bridgehead atoms. The molecule has 21 heavy (non-hydrogen) atoms. The van der Waals surface area contributed by atoms with Crippen molar-refractivity contribution in [2.45, 2.75) is 45.6 Å². The smallest absolute Gasteiger partial charge is 0.338 e. The maximum Gasteiger partial charge on any atom is 0.338 e. The molecule has 5 nitrogen and oxygen atoms in total.